The standard InChI is InChI=1S/C18H21N5/c1-21-11-17(22-23-18(19)20)14-8-9-16-13(10-14)7-6-12-4-2-3-5-15(12)16/h2-5,8-10,21H,6-7,11H2,1H3,(H4,19,20,23)/b22-17+. The van der Waals surface area contributed by atoms with Gasteiger partial charge >= 0.3 is 0 Å². The van der Waals surface area contributed by atoms with Gasteiger partial charge in [0.05, 0.1) is 5.71 Å². The van der Waals surface area contributed by atoms with Gasteiger partial charge in [-0.25, -0.2) is 0 Å². The maximum atomic E-state index is 5.38. The first-order valence-corrected chi connectivity index (χ1v) is 7.70. The van der Waals surface area contributed by atoms with Crippen molar-refractivity contribution in [2.45, 2.75) is 12.8 Å². The second-order valence-electron chi connectivity index (χ2n) is 5.63. The highest BCUT2D eigenvalue weighted by Crippen LogP contribution is 2.33. The summed E-state index contributed by atoms with van der Waals surface area (Å²) in [7, 11) is 1.87. The molecule has 5 heteroatoms. The van der Waals surface area contributed by atoms with Crippen molar-refractivity contribution in [3.8, 4) is 11.1 Å². The fraction of sp³-hybridized carbons (Fsp3) is 0.222. The molecule has 118 valence electrons. The van der Waals surface area contributed by atoms with Crippen molar-refractivity contribution < 1.29 is 0 Å². The van der Waals surface area contributed by atoms with Crippen LogP contribution in [0.4, 0.5) is 0 Å². The summed E-state index contributed by atoms with van der Waals surface area (Å²) in [6.07, 6.45) is 2.11. The fourth-order valence-corrected chi connectivity index (χ4v) is 2.99. The Morgan fingerprint density at radius 3 is 2.52 bits per heavy atom. The lowest BCUT2D eigenvalue weighted by atomic mass is 9.84. The largest absolute Gasteiger partial charge is 0.369 e. The third-order valence-corrected chi connectivity index (χ3v) is 4.04. The molecule has 0 amide bonds. The number of rotatable bonds is 4. The fourth-order valence-electron chi connectivity index (χ4n) is 2.99. The number of hydrogen-bond donors (Lipinski definition) is 3. The maximum Gasteiger partial charge on any atom is 0.211 e. The first-order chi connectivity index (χ1) is 11.2. The third kappa shape index (κ3) is 3.24. The van der Waals surface area contributed by atoms with Gasteiger partial charge in [0.15, 0.2) is 0 Å². The van der Waals surface area contributed by atoms with E-state index in [9.17, 15) is 0 Å². The predicted molar refractivity (Wildman–Crippen MR) is 95.6 cm³/mol. The third-order valence-electron chi connectivity index (χ3n) is 4.04. The molecule has 0 aromatic heterocycles. The normalized spacial score (nSPS) is 13.2. The summed E-state index contributed by atoms with van der Waals surface area (Å²) >= 11 is 0. The van der Waals surface area contributed by atoms with Crippen molar-refractivity contribution in [3.63, 3.8) is 0 Å². The van der Waals surface area contributed by atoms with Gasteiger partial charge in [-0.15, -0.1) is 5.10 Å². The number of fused-ring (bicyclic) bond motifs is 3. The molecule has 0 heterocycles. The molecule has 1 aliphatic rings. The van der Waals surface area contributed by atoms with E-state index in [-0.39, 0.29) is 5.96 Å². The molecule has 3 rings (SSSR count). The average Bonchev–Trinajstić information content (AvgIpc) is 2.57. The molecule has 5 N–H and O–H groups in total. The van der Waals surface area contributed by atoms with E-state index in [2.05, 4.69) is 58.0 Å². The SMILES string of the molecule is CNC/C(=N\N=C(N)N)c1ccc2c(c1)CCc1ccccc1-2. The number of hydrogen-bond acceptors (Lipinski definition) is 3. The average molecular weight is 307 g/mol. The molecule has 1 aliphatic carbocycles. The smallest absolute Gasteiger partial charge is 0.211 e. The van der Waals surface area contributed by atoms with E-state index in [1.807, 2.05) is 7.05 Å². The van der Waals surface area contributed by atoms with Gasteiger partial charge in [0.25, 0.3) is 0 Å². The summed E-state index contributed by atoms with van der Waals surface area (Å²) in [6.45, 7) is 0.603. The molecule has 0 unspecified atom stereocenters. The first-order valence-electron chi connectivity index (χ1n) is 7.70. The van der Waals surface area contributed by atoms with Gasteiger partial charge in [-0.1, -0.05) is 36.4 Å². The molecule has 2 aromatic rings. The molecule has 23 heavy (non-hydrogen) atoms. The van der Waals surface area contributed by atoms with Crippen LogP contribution >= 0.6 is 0 Å². The zero-order valence-electron chi connectivity index (χ0n) is 13.2. The van der Waals surface area contributed by atoms with Crippen LogP contribution < -0.4 is 16.8 Å². The molecule has 0 radical (unpaired) electrons. The Kier molecular flexibility index (Phi) is 4.39. The monoisotopic (exact) mass is 307 g/mol. The maximum absolute atomic E-state index is 5.38. The van der Waals surface area contributed by atoms with Crippen LogP contribution in [-0.2, 0) is 12.8 Å². The Morgan fingerprint density at radius 2 is 1.74 bits per heavy atom. The molecule has 0 atom stereocenters. The number of aryl methyl sites for hydroxylation is 2. The molecular formula is C18H21N5. The van der Waals surface area contributed by atoms with Crippen molar-refractivity contribution in [2.24, 2.45) is 21.7 Å². The van der Waals surface area contributed by atoms with Gasteiger partial charge in [-0.3, -0.25) is 0 Å². The van der Waals surface area contributed by atoms with Crippen LogP contribution in [0.1, 0.15) is 16.7 Å². The number of guanidine groups is 1. The summed E-state index contributed by atoms with van der Waals surface area (Å²) in [5.41, 5.74) is 18.0. The molecule has 2 aromatic carbocycles. The second kappa shape index (κ2) is 6.62. The Balaban J connectivity index is 2.01. The predicted octanol–water partition coefficient (Wildman–Crippen LogP) is 1.65. The Hall–Kier alpha value is -2.66. The van der Waals surface area contributed by atoms with Gasteiger partial charge in [-0.2, -0.15) is 5.10 Å². The zero-order chi connectivity index (χ0) is 16.2. The van der Waals surface area contributed by atoms with Crippen molar-refractivity contribution in [1.29, 1.82) is 0 Å². The van der Waals surface area contributed by atoms with Crippen molar-refractivity contribution >= 4 is 11.7 Å². The van der Waals surface area contributed by atoms with Crippen LogP contribution in [0.5, 0.6) is 0 Å². The summed E-state index contributed by atoms with van der Waals surface area (Å²) in [5, 5.41) is 11.1. The lowest BCUT2D eigenvalue weighted by Crippen LogP contribution is -2.23. The minimum atomic E-state index is -0.0366. The zero-order valence-corrected chi connectivity index (χ0v) is 13.2. The summed E-state index contributed by atoms with van der Waals surface area (Å²) in [6, 6.07) is 15.0. The minimum Gasteiger partial charge on any atom is -0.369 e. The minimum absolute atomic E-state index is 0.0366. The molecule has 0 fully saturated rings. The van der Waals surface area contributed by atoms with E-state index in [1.165, 1.54) is 22.3 Å². The molecule has 0 aliphatic heterocycles. The molecule has 0 bridgehead atoms. The highest BCUT2D eigenvalue weighted by atomic mass is 15.3. The van der Waals surface area contributed by atoms with Gasteiger partial charge < -0.3 is 16.8 Å². The summed E-state index contributed by atoms with van der Waals surface area (Å²) < 4.78 is 0. The van der Waals surface area contributed by atoms with Crippen LogP contribution in [0, 0.1) is 0 Å². The second-order valence-corrected chi connectivity index (χ2v) is 5.63. The van der Waals surface area contributed by atoms with Gasteiger partial charge in [0.2, 0.25) is 5.96 Å². The molecule has 0 saturated heterocycles. The molecule has 5 nitrogen and oxygen atoms in total. The van der Waals surface area contributed by atoms with Crippen LogP contribution in [0.2, 0.25) is 0 Å². The molecule has 0 spiro atoms. The van der Waals surface area contributed by atoms with E-state index >= 15 is 0 Å². The number of benzene rings is 2. The summed E-state index contributed by atoms with van der Waals surface area (Å²) in [4.78, 5) is 0. The van der Waals surface area contributed by atoms with Gasteiger partial charge in [0, 0.05) is 6.54 Å². The summed E-state index contributed by atoms with van der Waals surface area (Å²) in [5.74, 6) is -0.0366. The Morgan fingerprint density at radius 1 is 1.00 bits per heavy atom. The van der Waals surface area contributed by atoms with Crippen LogP contribution in [-0.4, -0.2) is 25.3 Å². The van der Waals surface area contributed by atoms with E-state index < -0.39 is 0 Å². The molecule has 0 saturated carbocycles. The van der Waals surface area contributed by atoms with Crippen LogP contribution in [0.25, 0.3) is 11.1 Å². The van der Waals surface area contributed by atoms with Crippen molar-refractivity contribution in [3.05, 3.63) is 59.2 Å². The van der Waals surface area contributed by atoms with E-state index in [4.69, 9.17) is 11.5 Å². The van der Waals surface area contributed by atoms with Crippen LogP contribution in [0.15, 0.2) is 52.7 Å². The highest BCUT2D eigenvalue weighted by Gasteiger charge is 2.16. The first kappa shape index (κ1) is 15.2. The van der Waals surface area contributed by atoms with Gasteiger partial charge in [0.1, 0.15) is 0 Å². The molecular weight excluding hydrogens is 286 g/mol. The Bertz CT molecular complexity index is 773. The lowest BCUT2D eigenvalue weighted by molar-refractivity contribution is 0.931. The van der Waals surface area contributed by atoms with E-state index in [0.717, 1.165) is 24.1 Å². The van der Waals surface area contributed by atoms with E-state index in [1.54, 1.807) is 0 Å². The number of nitrogens with one attached hydrogen (secondary N) is 1. The number of nitrogens with zero attached hydrogens (tertiary/aromatic N) is 2. The lowest BCUT2D eigenvalue weighted by Gasteiger charge is -2.20. The quantitative estimate of drug-likeness (QED) is 0.456. The van der Waals surface area contributed by atoms with Crippen molar-refractivity contribution in [1.82, 2.24) is 5.32 Å². The van der Waals surface area contributed by atoms with Gasteiger partial charge in [-0.05, 0) is 53.8 Å². The topological polar surface area (TPSA) is 88.8 Å². The number of nitrogens with two attached hydrogens (primary N) is 2. The van der Waals surface area contributed by atoms with E-state index in [0.29, 0.717) is 6.54 Å². The van der Waals surface area contributed by atoms with Crippen molar-refractivity contribution in [2.75, 3.05) is 13.6 Å². The van der Waals surface area contributed by atoms with Crippen LogP contribution in [0.3, 0.4) is 0 Å². The highest BCUT2D eigenvalue weighted by molar-refractivity contribution is 6.03. The number of likely N-dealkylation sites (N-methyl/N-ethyl adjacent to an activating group) is 1. The Labute approximate surface area is 136 Å².